The van der Waals surface area contributed by atoms with Gasteiger partial charge in [-0.05, 0) is 27.9 Å². The fourth-order valence-electron chi connectivity index (χ4n) is 2.34. The Morgan fingerprint density at radius 1 is 1.21 bits per heavy atom. The number of aromatic nitrogens is 3. The average Bonchev–Trinajstić information content (AvgIpc) is 2.85. The van der Waals surface area contributed by atoms with Crippen molar-refractivity contribution in [1.82, 2.24) is 20.3 Å². The maximum Gasteiger partial charge on any atom is 0.161 e. The van der Waals surface area contributed by atoms with Crippen LogP contribution in [-0.2, 0) is 13.1 Å². The lowest BCUT2D eigenvalue weighted by Crippen LogP contribution is -2.05. The zero-order valence-corrected chi connectivity index (χ0v) is 12.5. The Labute approximate surface area is 120 Å². The van der Waals surface area contributed by atoms with Crippen LogP contribution in [0, 0.1) is 0 Å². The van der Waals surface area contributed by atoms with Gasteiger partial charge < -0.3 is 5.32 Å². The summed E-state index contributed by atoms with van der Waals surface area (Å²) in [6.07, 6.45) is 3.57. The van der Waals surface area contributed by atoms with Crippen LogP contribution in [0.2, 0.25) is 0 Å². The van der Waals surface area contributed by atoms with Gasteiger partial charge >= 0.3 is 0 Å². The highest BCUT2D eigenvalue weighted by atomic mass is 79.9. The van der Waals surface area contributed by atoms with E-state index in [-0.39, 0.29) is 0 Å². The standard InChI is InChI=1S/C14H15BrN4/c1-8(2)13-11-6-17-7-12(11)18-14(19-13)9-3-10(15)5-16-4-9/h3-5,8,17H,6-7H2,1-2H3. The molecule has 0 spiro atoms. The first kappa shape index (κ1) is 12.7. The monoisotopic (exact) mass is 318 g/mol. The first-order chi connectivity index (χ1) is 9.15. The molecule has 0 radical (unpaired) electrons. The lowest BCUT2D eigenvalue weighted by molar-refractivity contribution is 0.746. The van der Waals surface area contributed by atoms with Crippen LogP contribution >= 0.6 is 15.9 Å². The van der Waals surface area contributed by atoms with Crippen LogP contribution < -0.4 is 5.32 Å². The molecule has 19 heavy (non-hydrogen) atoms. The largest absolute Gasteiger partial charge is 0.307 e. The Bertz CT molecular complexity index is 625. The summed E-state index contributed by atoms with van der Waals surface area (Å²) in [5, 5.41) is 3.35. The predicted octanol–water partition coefficient (Wildman–Crippen LogP) is 3.03. The van der Waals surface area contributed by atoms with E-state index in [9.17, 15) is 0 Å². The molecular weight excluding hydrogens is 304 g/mol. The fourth-order valence-corrected chi connectivity index (χ4v) is 2.70. The molecule has 0 aromatic carbocycles. The molecule has 3 rings (SSSR count). The Kier molecular flexibility index (Phi) is 3.33. The molecule has 0 amide bonds. The number of pyridine rings is 1. The third kappa shape index (κ3) is 2.40. The third-order valence-corrected chi connectivity index (χ3v) is 3.66. The van der Waals surface area contributed by atoms with E-state index < -0.39 is 0 Å². The lowest BCUT2D eigenvalue weighted by Gasteiger charge is -2.12. The van der Waals surface area contributed by atoms with Gasteiger partial charge in [-0.15, -0.1) is 0 Å². The minimum atomic E-state index is 0.399. The summed E-state index contributed by atoms with van der Waals surface area (Å²) in [6.45, 7) is 6.04. The van der Waals surface area contributed by atoms with E-state index in [2.05, 4.69) is 45.1 Å². The Hall–Kier alpha value is -1.33. The molecule has 1 N–H and O–H groups in total. The molecule has 0 aliphatic carbocycles. The summed E-state index contributed by atoms with van der Waals surface area (Å²) in [6, 6.07) is 2.00. The highest BCUT2D eigenvalue weighted by Gasteiger charge is 2.21. The molecule has 4 nitrogen and oxygen atoms in total. The van der Waals surface area contributed by atoms with Crippen LogP contribution in [0.1, 0.15) is 36.7 Å². The van der Waals surface area contributed by atoms with E-state index in [4.69, 9.17) is 4.98 Å². The second-order valence-corrected chi connectivity index (χ2v) is 5.92. The van der Waals surface area contributed by atoms with Crippen molar-refractivity contribution in [1.29, 1.82) is 0 Å². The van der Waals surface area contributed by atoms with E-state index in [1.54, 1.807) is 12.4 Å². The van der Waals surface area contributed by atoms with Crippen LogP contribution in [-0.4, -0.2) is 15.0 Å². The minimum Gasteiger partial charge on any atom is -0.307 e. The van der Waals surface area contributed by atoms with Crippen molar-refractivity contribution in [2.45, 2.75) is 32.9 Å². The summed E-state index contributed by atoms with van der Waals surface area (Å²) in [5.41, 5.74) is 4.48. The van der Waals surface area contributed by atoms with Crippen molar-refractivity contribution in [3.63, 3.8) is 0 Å². The number of nitrogens with zero attached hydrogens (tertiary/aromatic N) is 3. The summed E-state index contributed by atoms with van der Waals surface area (Å²) in [5.74, 6) is 1.16. The molecule has 0 bridgehead atoms. The van der Waals surface area contributed by atoms with Crippen LogP contribution in [0.25, 0.3) is 11.4 Å². The second-order valence-electron chi connectivity index (χ2n) is 5.01. The minimum absolute atomic E-state index is 0.399. The maximum absolute atomic E-state index is 4.74. The number of hydrogen-bond acceptors (Lipinski definition) is 4. The van der Waals surface area contributed by atoms with Gasteiger partial charge in [-0.2, -0.15) is 0 Å². The van der Waals surface area contributed by atoms with E-state index in [0.29, 0.717) is 5.92 Å². The lowest BCUT2D eigenvalue weighted by atomic mass is 10.0. The fraction of sp³-hybridized carbons (Fsp3) is 0.357. The number of hydrogen-bond donors (Lipinski definition) is 1. The molecule has 98 valence electrons. The summed E-state index contributed by atoms with van der Waals surface area (Å²) in [7, 11) is 0. The summed E-state index contributed by atoms with van der Waals surface area (Å²) < 4.78 is 0.943. The normalized spacial score (nSPS) is 13.9. The number of nitrogens with one attached hydrogen (secondary N) is 1. The highest BCUT2D eigenvalue weighted by Crippen LogP contribution is 2.27. The predicted molar refractivity (Wildman–Crippen MR) is 77.6 cm³/mol. The molecule has 2 aromatic heterocycles. The quantitative estimate of drug-likeness (QED) is 0.924. The molecule has 0 saturated heterocycles. The molecule has 2 aromatic rings. The highest BCUT2D eigenvalue weighted by molar-refractivity contribution is 9.10. The Balaban J connectivity index is 2.15. The van der Waals surface area contributed by atoms with Crippen molar-refractivity contribution < 1.29 is 0 Å². The van der Waals surface area contributed by atoms with Crippen LogP contribution in [0.15, 0.2) is 22.9 Å². The van der Waals surface area contributed by atoms with Crippen molar-refractivity contribution >= 4 is 15.9 Å². The average molecular weight is 319 g/mol. The van der Waals surface area contributed by atoms with Gasteiger partial charge in [0.2, 0.25) is 0 Å². The summed E-state index contributed by atoms with van der Waals surface area (Å²) in [4.78, 5) is 13.6. The van der Waals surface area contributed by atoms with Crippen molar-refractivity contribution in [3.05, 3.63) is 39.9 Å². The van der Waals surface area contributed by atoms with Gasteiger partial charge in [-0.1, -0.05) is 13.8 Å². The van der Waals surface area contributed by atoms with Gasteiger partial charge in [0.15, 0.2) is 5.82 Å². The van der Waals surface area contributed by atoms with Crippen molar-refractivity contribution in [2.24, 2.45) is 0 Å². The number of fused-ring (bicyclic) bond motifs is 1. The third-order valence-electron chi connectivity index (χ3n) is 3.23. The molecule has 5 heteroatoms. The number of halogens is 1. The molecule has 0 fully saturated rings. The van der Waals surface area contributed by atoms with Gasteiger partial charge in [0, 0.05) is 41.1 Å². The maximum atomic E-state index is 4.74. The molecule has 0 atom stereocenters. The van der Waals surface area contributed by atoms with Gasteiger partial charge in [0.1, 0.15) is 0 Å². The van der Waals surface area contributed by atoms with E-state index >= 15 is 0 Å². The molecule has 0 unspecified atom stereocenters. The molecular formula is C14H15BrN4. The van der Waals surface area contributed by atoms with Crippen molar-refractivity contribution in [3.8, 4) is 11.4 Å². The van der Waals surface area contributed by atoms with Gasteiger partial charge in [-0.25, -0.2) is 9.97 Å². The van der Waals surface area contributed by atoms with Crippen molar-refractivity contribution in [2.75, 3.05) is 0 Å². The van der Waals surface area contributed by atoms with Crippen LogP contribution in [0.5, 0.6) is 0 Å². The van der Waals surface area contributed by atoms with E-state index in [1.165, 1.54) is 5.56 Å². The van der Waals surface area contributed by atoms with E-state index in [1.807, 2.05) is 6.07 Å². The molecule has 3 heterocycles. The first-order valence-corrected chi connectivity index (χ1v) is 7.16. The van der Waals surface area contributed by atoms with E-state index in [0.717, 1.165) is 40.3 Å². The van der Waals surface area contributed by atoms with Crippen LogP contribution in [0.4, 0.5) is 0 Å². The van der Waals surface area contributed by atoms with Gasteiger partial charge in [0.25, 0.3) is 0 Å². The smallest absolute Gasteiger partial charge is 0.161 e. The first-order valence-electron chi connectivity index (χ1n) is 6.36. The SMILES string of the molecule is CC(C)c1nc(-c2cncc(Br)c2)nc2c1CNC2. The zero-order chi connectivity index (χ0) is 13.4. The topological polar surface area (TPSA) is 50.7 Å². The Morgan fingerprint density at radius 3 is 2.79 bits per heavy atom. The number of rotatable bonds is 2. The van der Waals surface area contributed by atoms with Gasteiger partial charge in [-0.3, -0.25) is 4.98 Å². The molecule has 1 aliphatic heterocycles. The summed E-state index contributed by atoms with van der Waals surface area (Å²) >= 11 is 3.44. The molecule has 0 saturated carbocycles. The molecule has 1 aliphatic rings. The van der Waals surface area contributed by atoms with Gasteiger partial charge in [0.05, 0.1) is 11.4 Å². The second kappa shape index (κ2) is 4.98. The Morgan fingerprint density at radius 2 is 2.05 bits per heavy atom. The van der Waals surface area contributed by atoms with Crippen LogP contribution in [0.3, 0.4) is 0 Å². The zero-order valence-electron chi connectivity index (χ0n) is 10.9.